The van der Waals surface area contributed by atoms with Crippen molar-refractivity contribution in [2.24, 2.45) is 0 Å². The minimum Gasteiger partial charge on any atom is -0.483 e. The van der Waals surface area contributed by atoms with Gasteiger partial charge in [-0.15, -0.1) is 0 Å². The number of esters is 1. The van der Waals surface area contributed by atoms with Gasteiger partial charge in [0.05, 0.1) is 33.4 Å². The lowest BCUT2D eigenvalue weighted by Crippen LogP contribution is -2.46. The molecule has 5 rings (SSSR count). The highest BCUT2D eigenvalue weighted by atomic mass is 16.5. The van der Waals surface area contributed by atoms with E-state index >= 15 is 0 Å². The summed E-state index contributed by atoms with van der Waals surface area (Å²) in [5, 5.41) is 0. The van der Waals surface area contributed by atoms with Crippen molar-refractivity contribution in [1.82, 2.24) is 13.9 Å². The van der Waals surface area contributed by atoms with E-state index in [-0.39, 0.29) is 24.8 Å². The van der Waals surface area contributed by atoms with Gasteiger partial charge in [-0.05, 0) is 62.7 Å². The number of quaternary nitrogens is 1. The number of allylic oxidation sites excluding steroid dienone is 1. The SMILES string of the molecule is CC(=O)c1ccc(-n2c(=O)n3n(c2=O)C2C(=CC3)C(C)(C)Oc3cc(OC(=O)C[N+](C)(C)C)ccc32)cc1. The number of Topliss-reactive ketones (excluding diaryl/α,β-unsaturated/α-hetero) is 1. The van der Waals surface area contributed by atoms with E-state index in [9.17, 15) is 19.2 Å². The third kappa shape index (κ3) is 4.30. The summed E-state index contributed by atoms with van der Waals surface area (Å²) in [4.78, 5) is 51.3. The molecule has 0 saturated carbocycles. The molecular formula is C28H31N4O6+. The molecule has 1 unspecified atom stereocenters. The van der Waals surface area contributed by atoms with Crippen LogP contribution in [0.2, 0.25) is 0 Å². The second-order valence-electron chi connectivity index (χ2n) is 11.2. The van der Waals surface area contributed by atoms with E-state index in [2.05, 4.69) is 0 Å². The highest BCUT2D eigenvalue weighted by Crippen LogP contribution is 2.47. The van der Waals surface area contributed by atoms with Gasteiger partial charge in [0.15, 0.2) is 12.3 Å². The van der Waals surface area contributed by atoms with Crippen LogP contribution in [0.1, 0.15) is 42.7 Å². The third-order valence-electron chi connectivity index (χ3n) is 6.79. The van der Waals surface area contributed by atoms with Crippen LogP contribution in [0.3, 0.4) is 0 Å². The Labute approximate surface area is 219 Å². The zero-order valence-corrected chi connectivity index (χ0v) is 22.3. The number of ether oxygens (including phenoxy) is 2. The topological polar surface area (TPSA) is 102 Å². The Morgan fingerprint density at radius 2 is 1.74 bits per heavy atom. The van der Waals surface area contributed by atoms with Crippen molar-refractivity contribution in [3.05, 3.63) is 86.2 Å². The van der Waals surface area contributed by atoms with Gasteiger partial charge in [0.2, 0.25) is 0 Å². The Hall–Kier alpha value is -4.18. The standard InChI is InChI=1S/C28H31N4O6/c1-17(33)18-7-9-19(10-8-18)30-26(35)29-14-13-22-25(31(29)27(30)36)21-12-11-20(15-23(21)38-28(22,2)3)37-24(34)16-32(4,5)6/h7-13,15,25H,14,16H2,1-6H3/q+1. The van der Waals surface area contributed by atoms with Gasteiger partial charge < -0.3 is 14.0 Å². The molecule has 2 aliphatic heterocycles. The molecule has 2 aliphatic rings. The molecule has 3 aromatic rings. The summed E-state index contributed by atoms with van der Waals surface area (Å²) in [5.41, 5.74) is 0.655. The van der Waals surface area contributed by atoms with Crippen LogP contribution in [0.15, 0.2) is 63.7 Å². The third-order valence-corrected chi connectivity index (χ3v) is 6.79. The molecule has 1 aromatic heterocycles. The van der Waals surface area contributed by atoms with Gasteiger partial charge >= 0.3 is 17.3 Å². The molecule has 10 heteroatoms. The van der Waals surface area contributed by atoms with E-state index < -0.39 is 23.0 Å². The lowest BCUT2D eigenvalue weighted by molar-refractivity contribution is -0.862. The van der Waals surface area contributed by atoms with Gasteiger partial charge in [-0.1, -0.05) is 6.08 Å². The number of likely N-dealkylation sites (N-methyl/N-ethyl adjacent to an activating group) is 1. The summed E-state index contributed by atoms with van der Waals surface area (Å²) < 4.78 is 16.3. The first kappa shape index (κ1) is 25.5. The molecule has 0 bridgehead atoms. The normalized spacial score (nSPS) is 17.4. The van der Waals surface area contributed by atoms with Gasteiger partial charge in [-0.3, -0.25) is 4.79 Å². The van der Waals surface area contributed by atoms with Gasteiger partial charge in [0.25, 0.3) is 0 Å². The summed E-state index contributed by atoms with van der Waals surface area (Å²) >= 11 is 0. The zero-order chi connectivity index (χ0) is 27.6. The lowest BCUT2D eigenvalue weighted by Gasteiger charge is -2.42. The Morgan fingerprint density at radius 3 is 2.37 bits per heavy atom. The first-order valence-electron chi connectivity index (χ1n) is 12.4. The van der Waals surface area contributed by atoms with Gasteiger partial charge in [-0.2, -0.15) is 0 Å². The van der Waals surface area contributed by atoms with Crippen LogP contribution in [0.4, 0.5) is 0 Å². The van der Waals surface area contributed by atoms with Gasteiger partial charge in [0, 0.05) is 17.2 Å². The highest BCUT2D eigenvalue weighted by Gasteiger charge is 2.44. The summed E-state index contributed by atoms with van der Waals surface area (Å²) in [6.07, 6.45) is 1.92. The molecule has 2 aromatic carbocycles. The van der Waals surface area contributed by atoms with Crippen LogP contribution >= 0.6 is 0 Å². The number of aromatic nitrogens is 3. The van der Waals surface area contributed by atoms with Gasteiger partial charge in [-0.25, -0.2) is 28.3 Å². The number of carbonyl (C=O) groups excluding carboxylic acids is 2. The van der Waals surface area contributed by atoms with Crippen molar-refractivity contribution < 1.29 is 23.5 Å². The molecule has 38 heavy (non-hydrogen) atoms. The average Bonchev–Trinajstić information content (AvgIpc) is 3.07. The predicted octanol–water partition coefficient (Wildman–Crippen LogP) is 2.32. The van der Waals surface area contributed by atoms with Gasteiger partial charge in [0.1, 0.15) is 23.1 Å². The Bertz CT molecular complexity index is 1610. The quantitative estimate of drug-likeness (QED) is 0.169. The molecule has 0 spiro atoms. The van der Waals surface area contributed by atoms with Crippen molar-refractivity contribution in [2.75, 3.05) is 27.7 Å². The Kier molecular flexibility index (Phi) is 5.83. The van der Waals surface area contributed by atoms with Crippen molar-refractivity contribution >= 4 is 11.8 Å². The fourth-order valence-electron chi connectivity index (χ4n) is 5.06. The van der Waals surface area contributed by atoms with Crippen LogP contribution in [0, 0.1) is 0 Å². The fraction of sp³-hybridized carbons (Fsp3) is 0.357. The molecule has 0 fully saturated rings. The molecule has 0 N–H and O–H groups in total. The molecule has 198 valence electrons. The van der Waals surface area contributed by atoms with E-state index in [1.165, 1.54) is 16.3 Å². The maximum atomic E-state index is 13.8. The van der Waals surface area contributed by atoms with Crippen LogP contribution in [-0.4, -0.2) is 63.5 Å². The van der Waals surface area contributed by atoms with E-state index in [1.807, 2.05) is 41.1 Å². The first-order chi connectivity index (χ1) is 17.8. The second-order valence-corrected chi connectivity index (χ2v) is 11.2. The smallest absolute Gasteiger partial charge is 0.367 e. The molecule has 1 atom stereocenters. The van der Waals surface area contributed by atoms with E-state index in [1.54, 1.807) is 42.5 Å². The van der Waals surface area contributed by atoms with Crippen molar-refractivity contribution in [3.8, 4) is 17.2 Å². The van der Waals surface area contributed by atoms with Crippen LogP contribution in [-0.2, 0) is 11.3 Å². The monoisotopic (exact) mass is 519 g/mol. The minimum absolute atomic E-state index is 0.103. The molecule has 0 saturated heterocycles. The molecule has 0 aliphatic carbocycles. The van der Waals surface area contributed by atoms with Crippen molar-refractivity contribution in [1.29, 1.82) is 0 Å². The number of carbonyl (C=O) groups is 2. The minimum atomic E-state index is -0.783. The Morgan fingerprint density at radius 1 is 1.05 bits per heavy atom. The lowest BCUT2D eigenvalue weighted by atomic mass is 9.83. The largest absolute Gasteiger partial charge is 0.483 e. The number of benzene rings is 2. The maximum absolute atomic E-state index is 13.8. The zero-order valence-electron chi connectivity index (χ0n) is 22.3. The molecule has 3 heterocycles. The summed E-state index contributed by atoms with van der Waals surface area (Å²) in [6, 6.07) is 10.9. The number of ketones is 1. The van der Waals surface area contributed by atoms with Crippen LogP contribution in [0.25, 0.3) is 5.69 Å². The van der Waals surface area contributed by atoms with E-state index in [0.29, 0.717) is 32.8 Å². The number of rotatable bonds is 5. The average molecular weight is 520 g/mol. The number of fused-ring (bicyclic) bond motifs is 5. The van der Waals surface area contributed by atoms with E-state index in [0.717, 1.165) is 10.1 Å². The van der Waals surface area contributed by atoms with Crippen LogP contribution < -0.4 is 20.9 Å². The molecule has 0 amide bonds. The van der Waals surface area contributed by atoms with E-state index in [4.69, 9.17) is 9.47 Å². The number of hydrogen-bond acceptors (Lipinski definition) is 6. The molecule has 0 radical (unpaired) electrons. The molecule has 10 nitrogen and oxygen atoms in total. The maximum Gasteiger partial charge on any atom is 0.367 e. The first-order valence-corrected chi connectivity index (χ1v) is 12.4. The second kappa shape index (κ2) is 8.70. The molecular weight excluding hydrogens is 488 g/mol. The number of nitrogens with zero attached hydrogens (tertiary/aromatic N) is 4. The predicted molar refractivity (Wildman–Crippen MR) is 140 cm³/mol. The summed E-state index contributed by atoms with van der Waals surface area (Å²) in [7, 11) is 5.70. The summed E-state index contributed by atoms with van der Waals surface area (Å²) in [6.45, 7) is 5.67. The summed E-state index contributed by atoms with van der Waals surface area (Å²) in [5.74, 6) is 0.339. The Balaban J connectivity index is 1.60. The van der Waals surface area contributed by atoms with Crippen molar-refractivity contribution in [3.63, 3.8) is 0 Å². The van der Waals surface area contributed by atoms with Crippen LogP contribution in [0.5, 0.6) is 11.5 Å². The number of hydrogen-bond donors (Lipinski definition) is 0. The highest BCUT2D eigenvalue weighted by molar-refractivity contribution is 5.94. The van der Waals surface area contributed by atoms with Crippen molar-refractivity contribution in [2.45, 2.75) is 39.0 Å². The fourth-order valence-corrected chi connectivity index (χ4v) is 5.06.